The van der Waals surface area contributed by atoms with Crippen molar-refractivity contribution in [2.45, 2.75) is 6.18 Å². The molecule has 4 rings (SSSR count). The van der Waals surface area contributed by atoms with E-state index in [1.165, 1.54) is 16.8 Å². The van der Waals surface area contributed by atoms with Crippen LogP contribution < -0.4 is 4.74 Å². The molecule has 0 spiro atoms. The molecule has 0 fully saturated rings. The second-order valence-corrected chi connectivity index (χ2v) is 6.29. The third kappa shape index (κ3) is 2.98. The normalized spacial score (nSPS) is 11.8. The number of hydrogen-bond acceptors (Lipinski definition) is 3. The summed E-state index contributed by atoms with van der Waals surface area (Å²) in [4.78, 5) is 4.46. The molecule has 0 radical (unpaired) electrons. The number of rotatable bonds is 3. The van der Waals surface area contributed by atoms with Gasteiger partial charge in [0.1, 0.15) is 5.75 Å². The molecule has 0 saturated carbocycles. The van der Waals surface area contributed by atoms with Gasteiger partial charge in [0.15, 0.2) is 11.6 Å². The molecule has 0 amide bonds. The van der Waals surface area contributed by atoms with Crippen LogP contribution in [0.2, 0.25) is 0 Å². The Morgan fingerprint density at radius 1 is 0.929 bits per heavy atom. The van der Waals surface area contributed by atoms with Crippen molar-refractivity contribution in [3.63, 3.8) is 0 Å². The Kier molecular flexibility index (Phi) is 4.30. The van der Waals surface area contributed by atoms with Crippen LogP contribution in [0.15, 0.2) is 60.7 Å². The molecule has 0 aliphatic rings. The van der Waals surface area contributed by atoms with Crippen molar-refractivity contribution in [3.05, 3.63) is 66.2 Å². The first-order valence-corrected chi connectivity index (χ1v) is 8.54. The molecule has 4 aromatic rings. The van der Waals surface area contributed by atoms with Gasteiger partial charge in [-0.15, -0.1) is 0 Å². The van der Waals surface area contributed by atoms with Crippen LogP contribution in [0.25, 0.3) is 33.5 Å². The van der Waals surface area contributed by atoms with Crippen LogP contribution in [0.4, 0.5) is 13.2 Å². The van der Waals surface area contributed by atoms with Crippen LogP contribution in [-0.2, 0) is 13.2 Å². The minimum atomic E-state index is -4.49. The average molecular weight is 383 g/mol. The lowest BCUT2D eigenvalue weighted by Gasteiger charge is -2.11. The monoisotopic (exact) mass is 383 g/mol. The fourth-order valence-electron chi connectivity index (χ4n) is 3.29. The number of halogens is 3. The van der Waals surface area contributed by atoms with Crippen molar-refractivity contribution < 1.29 is 17.9 Å². The minimum Gasteiger partial charge on any atom is -0.496 e. The first-order chi connectivity index (χ1) is 13.4. The average Bonchev–Trinajstić information content (AvgIpc) is 3.07. The minimum absolute atomic E-state index is 0.0143. The number of aromatic nitrogens is 3. The van der Waals surface area contributed by atoms with Gasteiger partial charge < -0.3 is 4.74 Å². The number of fused-ring (bicyclic) bond motifs is 1. The van der Waals surface area contributed by atoms with Crippen molar-refractivity contribution in [1.82, 2.24) is 14.8 Å². The van der Waals surface area contributed by atoms with Crippen LogP contribution in [0.5, 0.6) is 5.75 Å². The third-order valence-electron chi connectivity index (χ3n) is 4.57. The van der Waals surface area contributed by atoms with Gasteiger partial charge in [0.05, 0.1) is 18.2 Å². The van der Waals surface area contributed by atoms with Crippen molar-refractivity contribution in [2.75, 3.05) is 7.11 Å². The van der Waals surface area contributed by atoms with Crippen molar-refractivity contribution >= 4 is 10.8 Å². The number of hydrogen-bond donors (Lipinski definition) is 0. The maximum Gasteiger partial charge on any atom is 0.417 e. The fourth-order valence-corrected chi connectivity index (χ4v) is 3.29. The van der Waals surface area contributed by atoms with Gasteiger partial charge in [-0.25, -0.2) is 9.67 Å². The summed E-state index contributed by atoms with van der Waals surface area (Å²) < 4.78 is 47.2. The predicted molar refractivity (Wildman–Crippen MR) is 101 cm³/mol. The van der Waals surface area contributed by atoms with E-state index in [-0.39, 0.29) is 11.4 Å². The molecule has 1 aromatic heterocycles. The van der Waals surface area contributed by atoms with E-state index in [1.807, 2.05) is 36.4 Å². The van der Waals surface area contributed by atoms with Crippen LogP contribution in [0, 0.1) is 0 Å². The van der Waals surface area contributed by atoms with Crippen LogP contribution in [-0.4, -0.2) is 21.9 Å². The Bertz CT molecular complexity index is 1170. The second kappa shape index (κ2) is 6.67. The molecule has 142 valence electrons. The zero-order chi connectivity index (χ0) is 19.9. The molecule has 1 heterocycles. The van der Waals surface area contributed by atoms with Gasteiger partial charge >= 0.3 is 6.18 Å². The number of ether oxygens (including phenoxy) is 1. The van der Waals surface area contributed by atoms with E-state index < -0.39 is 11.7 Å². The summed E-state index contributed by atoms with van der Waals surface area (Å²) >= 11 is 0. The Labute approximate surface area is 159 Å². The Hall–Kier alpha value is -3.35. The SMILES string of the molecule is COc1ccc2ccccc2c1-c1nc(-c2ccccc2C(F)(F)F)nn1C. The summed E-state index contributed by atoms with van der Waals surface area (Å²) in [7, 11) is 3.20. The topological polar surface area (TPSA) is 39.9 Å². The summed E-state index contributed by atoms with van der Waals surface area (Å²) in [5.74, 6) is 1.02. The molecule has 28 heavy (non-hydrogen) atoms. The molecular weight excluding hydrogens is 367 g/mol. The Morgan fingerprint density at radius 3 is 2.39 bits per heavy atom. The quantitative estimate of drug-likeness (QED) is 0.480. The summed E-state index contributed by atoms with van der Waals surface area (Å²) in [5.41, 5.74) is -0.139. The van der Waals surface area contributed by atoms with E-state index in [1.54, 1.807) is 20.2 Å². The Morgan fingerprint density at radius 2 is 1.64 bits per heavy atom. The van der Waals surface area contributed by atoms with Crippen LogP contribution in [0.3, 0.4) is 0 Å². The van der Waals surface area contributed by atoms with Gasteiger partial charge in [0, 0.05) is 12.6 Å². The fraction of sp³-hybridized carbons (Fsp3) is 0.143. The number of alkyl halides is 3. The number of nitrogens with zero attached hydrogens (tertiary/aromatic N) is 3. The zero-order valence-corrected chi connectivity index (χ0v) is 15.2. The highest BCUT2D eigenvalue weighted by atomic mass is 19.4. The van der Waals surface area contributed by atoms with Crippen molar-refractivity contribution in [3.8, 4) is 28.5 Å². The lowest BCUT2D eigenvalue weighted by atomic mass is 10.0. The maximum atomic E-state index is 13.4. The summed E-state index contributed by atoms with van der Waals surface area (Å²) in [6.07, 6.45) is -4.49. The van der Waals surface area contributed by atoms with E-state index in [4.69, 9.17) is 4.74 Å². The number of aryl methyl sites for hydroxylation is 1. The van der Waals surface area contributed by atoms with Crippen LogP contribution >= 0.6 is 0 Å². The zero-order valence-electron chi connectivity index (χ0n) is 15.2. The number of benzene rings is 3. The molecule has 0 N–H and O–H groups in total. The molecule has 0 unspecified atom stereocenters. The second-order valence-electron chi connectivity index (χ2n) is 6.29. The molecule has 3 aromatic carbocycles. The largest absolute Gasteiger partial charge is 0.496 e. The molecule has 4 nitrogen and oxygen atoms in total. The summed E-state index contributed by atoms with van der Waals surface area (Å²) in [6.45, 7) is 0. The van der Waals surface area contributed by atoms with Gasteiger partial charge in [0.2, 0.25) is 0 Å². The Balaban J connectivity index is 1.96. The standard InChI is InChI=1S/C21H16F3N3O/c1-27-20(18-14-8-4-3-7-13(14)11-12-17(18)28-2)25-19(26-27)15-9-5-6-10-16(15)21(22,23)24/h3-12H,1-2H3. The van der Waals surface area contributed by atoms with E-state index in [9.17, 15) is 13.2 Å². The molecule has 0 atom stereocenters. The van der Waals surface area contributed by atoms with Crippen LogP contribution in [0.1, 0.15) is 5.56 Å². The van der Waals surface area contributed by atoms with Gasteiger partial charge in [-0.05, 0) is 22.9 Å². The molecule has 0 aliphatic heterocycles. The van der Waals surface area contributed by atoms with E-state index >= 15 is 0 Å². The summed E-state index contributed by atoms with van der Waals surface area (Å²) in [5, 5.41) is 6.12. The van der Waals surface area contributed by atoms with Gasteiger partial charge in [0.25, 0.3) is 0 Å². The molecule has 0 bridgehead atoms. The highest BCUT2D eigenvalue weighted by Gasteiger charge is 2.34. The number of methoxy groups -OCH3 is 1. The smallest absolute Gasteiger partial charge is 0.417 e. The lowest BCUT2D eigenvalue weighted by Crippen LogP contribution is -2.07. The molecule has 0 aliphatic carbocycles. The van der Waals surface area contributed by atoms with Crippen molar-refractivity contribution in [2.24, 2.45) is 7.05 Å². The van der Waals surface area contributed by atoms with E-state index in [2.05, 4.69) is 10.1 Å². The van der Waals surface area contributed by atoms with Crippen molar-refractivity contribution in [1.29, 1.82) is 0 Å². The lowest BCUT2D eigenvalue weighted by molar-refractivity contribution is -0.137. The van der Waals surface area contributed by atoms with E-state index in [0.717, 1.165) is 16.8 Å². The highest BCUT2D eigenvalue weighted by molar-refractivity contribution is 5.98. The highest BCUT2D eigenvalue weighted by Crippen LogP contribution is 2.39. The maximum absolute atomic E-state index is 13.4. The predicted octanol–water partition coefficient (Wildman–Crippen LogP) is 5.33. The molecule has 0 saturated heterocycles. The molecule has 7 heteroatoms. The first kappa shape index (κ1) is 18.0. The summed E-state index contributed by atoms with van der Waals surface area (Å²) in [6, 6.07) is 16.7. The third-order valence-corrected chi connectivity index (χ3v) is 4.57. The van der Waals surface area contributed by atoms with Gasteiger partial charge in [-0.3, -0.25) is 0 Å². The molecular formula is C21H16F3N3O. The van der Waals surface area contributed by atoms with Gasteiger partial charge in [-0.1, -0.05) is 48.5 Å². The first-order valence-electron chi connectivity index (χ1n) is 8.54. The van der Waals surface area contributed by atoms with Gasteiger partial charge in [-0.2, -0.15) is 18.3 Å². The van der Waals surface area contributed by atoms with E-state index in [0.29, 0.717) is 17.1 Å².